The van der Waals surface area contributed by atoms with Crippen LogP contribution in [-0.4, -0.2) is 21.9 Å². The van der Waals surface area contributed by atoms with Gasteiger partial charge in [0.1, 0.15) is 16.5 Å². The van der Waals surface area contributed by atoms with Gasteiger partial charge in [0.15, 0.2) is 0 Å². The van der Waals surface area contributed by atoms with Crippen molar-refractivity contribution in [2.75, 3.05) is 5.32 Å². The number of anilines is 1. The van der Waals surface area contributed by atoms with Gasteiger partial charge in [-0.2, -0.15) is 0 Å². The molecule has 0 spiro atoms. The van der Waals surface area contributed by atoms with E-state index < -0.39 is 5.92 Å². The number of alkyl halides is 2. The van der Waals surface area contributed by atoms with Crippen molar-refractivity contribution in [3.8, 4) is 10.7 Å². The minimum atomic E-state index is -2.50. The Labute approximate surface area is 145 Å². The molecular weight excluding hydrogens is 328 g/mol. The van der Waals surface area contributed by atoms with Crippen LogP contribution in [0.15, 0.2) is 17.5 Å². The van der Waals surface area contributed by atoms with Crippen molar-refractivity contribution in [3.05, 3.63) is 28.8 Å². The quantitative estimate of drug-likeness (QED) is 0.778. The molecule has 1 N–H and O–H groups in total. The van der Waals surface area contributed by atoms with Crippen LogP contribution in [0.2, 0.25) is 0 Å². The summed E-state index contributed by atoms with van der Waals surface area (Å²) < 4.78 is 26.6. The fourth-order valence-electron chi connectivity index (χ4n) is 3.07. The van der Waals surface area contributed by atoms with Gasteiger partial charge in [0, 0.05) is 30.0 Å². The molecule has 0 radical (unpaired) electrons. The number of halogens is 2. The maximum Gasteiger partial charge on any atom is 0.248 e. The zero-order valence-corrected chi connectivity index (χ0v) is 14.9. The van der Waals surface area contributed by atoms with Crippen LogP contribution in [0.1, 0.15) is 50.3 Å². The molecule has 2 heterocycles. The van der Waals surface area contributed by atoms with E-state index >= 15 is 0 Å². The Hall–Kier alpha value is -1.56. The van der Waals surface area contributed by atoms with Crippen molar-refractivity contribution >= 4 is 17.2 Å². The largest absolute Gasteiger partial charge is 0.367 e. The Balaban J connectivity index is 1.80. The lowest BCUT2D eigenvalue weighted by Gasteiger charge is -2.29. The molecule has 0 aromatic carbocycles. The maximum absolute atomic E-state index is 13.3. The van der Waals surface area contributed by atoms with E-state index in [1.165, 1.54) is 5.56 Å². The summed E-state index contributed by atoms with van der Waals surface area (Å²) in [5.41, 5.74) is 3.06. The Bertz CT molecular complexity index is 689. The van der Waals surface area contributed by atoms with Crippen LogP contribution < -0.4 is 5.32 Å². The third-order valence-corrected chi connectivity index (χ3v) is 5.31. The minimum Gasteiger partial charge on any atom is -0.367 e. The van der Waals surface area contributed by atoms with Crippen LogP contribution >= 0.6 is 11.3 Å². The zero-order valence-electron chi connectivity index (χ0n) is 14.1. The summed E-state index contributed by atoms with van der Waals surface area (Å²) in [6.45, 7) is 4.11. The minimum absolute atomic E-state index is 0.0438. The smallest absolute Gasteiger partial charge is 0.248 e. The van der Waals surface area contributed by atoms with Crippen LogP contribution in [0, 0.1) is 6.92 Å². The Morgan fingerprint density at radius 2 is 2.00 bits per heavy atom. The van der Waals surface area contributed by atoms with Gasteiger partial charge >= 0.3 is 0 Å². The Morgan fingerprint density at radius 1 is 1.25 bits per heavy atom. The zero-order chi connectivity index (χ0) is 17.2. The van der Waals surface area contributed by atoms with Gasteiger partial charge < -0.3 is 5.32 Å². The van der Waals surface area contributed by atoms with Gasteiger partial charge in [0.25, 0.3) is 0 Å². The number of nitrogens with one attached hydrogen (secondary N) is 1. The third-order valence-electron chi connectivity index (χ3n) is 4.33. The molecular formula is C18H23F2N3S. The Kier molecular flexibility index (Phi) is 5.13. The predicted octanol–water partition coefficient (Wildman–Crippen LogP) is 5.46. The molecule has 0 saturated heterocycles. The molecule has 0 aliphatic heterocycles. The highest BCUT2D eigenvalue weighted by atomic mass is 32.1. The topological polar surface area (TPSA) is 37.8 Å². The lowest BCUT2D eigenvalue weighted by atomic mass is 9.92. The first-order chi connectivity index (χ1) is 11.4. The van der Waals surface area contributed by atoms with Crippen molar-refractivity contribution in [1.29, 1.82) is 0 Å². The summed E-state index contributed by atoms with van der Waals surface area (Å²) in [5, 5.41) is 6.29. The SMILES string of the molecule is CCCc1cc(NC2CCC(F)(F)CC2)nc(-c2nc(C)cs2)c1. The van der Waals surface area contributed by atoms with E-state index in [1.54, 1.807) is 11.3 Å². The van der Waals surface area contributed by atoms with Gasteiger partial charge in [-0.1, -0.05) is 13.3 Å². The number of nitrogens with zero attached hydrogens (tertiary/aromatic N) is 2. The van der Waals surface area contributed by atoms with Crippen molar-refractivity contribution in [3.63, 3.8) is 0 Å². The summed E-state index contributed by atoms with van der Waals surface area (Å²) in [5.74, 6) is -1.72. The summed E-state index contributed by atoms with van der Waals surface area (Å²) in [4.78, 5) is 9.20. The molecule has 1 aliphatic rings. The average Bonchev–Trinajstić information content (AvgIpc) is 2.96. The molecule has 1 aliphatic carbocycles. The number of pyridine rings is 1. The number of aryl methyl sites for hydroxylation is 2. The number of thiazole rings is 1. The van der Waals surface area contributed by atoms with E-state index in [0.29, 0.717) is 12.8 Å². The number of aromatic nitrogens is 2. The first-order valence-corrected chi connectivity index (χ1v) is 9.41. The highest BCUT2D eigenvalue weighted by molar-refractivity contribution is 7.13. The van der Waals surface area contributed by atoms with Crippen molar-refractivity contribution < 1.29 is 8.78 Å². The predicted molar refractivity (Wildman–Crippen MR) is 94.9 cm³/mol. The molecule has 0 unspecified atom stereocenters. The maximum atomic E-state index is 13.3. The van der Waals surface area contributed by atoms with Crippen molar-refractivity contribution in [2.45, 2.75) is 64.3 Å². The van der Waals surface area contributed by atoms with E-state index in [9.17, 15) is 8.78 Å². The van der Waals surface area contributed by atoms with Gasteiger partial charge in [-0.3, -0.25) is 0 Å². The van der Waals surface area contributed by atoms with Gasteiger partial charge in [-0.25, -0.2) is 18.7 Å². The van der Waals surface area contributed by atoms with E-state index in [1.807, 2.05) is 18.4 Å². The normalized spacial score (nSPS) is 17.8. The molecule has 1 fully saturated rings. The highest BCUT2D eigenvalue weighted by Crippen LogP contribution is 2.34. The molecule has 2 aromatic rings. The van der Waals surface area contributed by atoms with Gasteiger partial charge in [-0.15, -0.1) is 11.3 Å². The molecule has 6 heteroatoms. The first kappa shape index (κ1) is 17.3. The molecule has 0 amide bonds. The van der Waals surface area contributed by atoms with Gasteiger partial charge in [0.2, 0.25) is 5.92 Å². The molecule has 1 saturated carbocycles. The second kappa shape index (κ2) is 7.13. The van der Waals surface area contributed by atoms with Crippen molar-refractivity contribution in [1.82, 2.24) is 9.97 Å². The summed E-state index contributed by atoms with van der Waals surface area (Å²) >= 11 is 1.58. The van der Waals surface area contributed by atoms with Crippen LogP contribution in [0.5, 0.6) is 0 Å². The standard InChI is InChI=1S/C18H23F2N3S/c1-3-4-13-9-15(17-21-12(2)11-24-17)23-16(10-13)22-14-5-7-18(19,20)8-6-14/h9-11,14H,3-8H2,1-2H3,(H,22,23). The molecule has 0 atom stereocenters. The molecule has 2 aromatic heterocycles. The summed E-state index contributed by atoms with van der Waals surface area (Å²) in [6, 6.07) is 4.20. The highest BCUT2D eigenvalue weighted by Gasteiger charge is 2.34. The molecule has 0 bridgehead atoms. The Morgan fingerprint density at radius 3 is 2.62 bits per heavy atom. The molecule has 24 heavy (non-hydrogen) atoms. The molecule has 130 valence electrons. The van der Waals surface area contributed by atoms with Crippen LogP contribution in [0.3, 0.4) is 0 Å². The summed E-state index contributed by atoms with van der Waals surface area (Å²) in [6.07, 6.45) is 2.90. The van der Waals surface area contributed by atoms with Crippen molar-refractivity contribution in [2.24, 2.45) is 0 Å². The fraction of sp³-hybridized carbons (Fsp3) is 0.556. The lowest BCUT2D eigenvalue weighted by Crippen LogP contribution is -2.32. The summed E-state index contributed by atoms with van der Waals surface area (Å²) in [7, 11) is 0. The average molecular weight is 351 g/mol. The first-order valence-electron chi connectivity index (χ1n) is 8.53. The second-order valence-corrected chi connectivity index (χ2v) is 7.42. The lowest BCUT2D eigenvalue weighted by molar-refractivity contribution is -0.0361. The van der Waals surface area contributed by atoms with E-state index in [0.717, 1.165) is 35.1 Å². The molecule has 3 nitrogen and oxygen atoms in total. The fourth-order valence-corrected chi connectivity index (χ4v) is 3.83. The third kappa shape index (κ3) is 4.29. The van der Waals surface area contributed by atoms with E-state index in [2.05, 4.69) is 28.3 Å². The van der Waals surface area contributed by atoms with Crippen LogP contribution in [0.25, 0.3) is 10.7 Å². The number of hydrogen-bond acceptors (Lipinski definition) is 4. The van der Waals surface area contributed by atoms with Gasteiger partial charge in [0.05, 0.1) is 0 Å². The van der Waals surface area contributed by atoms with Gasteiger partial charge in [-0.05, 0) is 43.9 Å². The number of hydrogen-bond donors (Lipinski definition) is 1. The monoisotopic (exact) mass is 351 g/mol. The van der Waals surface area contributed by atoms with E-state index in [4.69, 9.17) is 0 Å². The van der Waals surface area contributed by atoms with Crippen LogP contribution in [-0.2, 0) is 6.42 Å². The molecule has 3 rings (SSSR count). The van der Waals surface area contributed by atoms with Crippen LogP contribution in [0.4, 0.5) is 14.6 Å². The number of rotatable bonds is 5. The van der Waals surface area contributed by atoms with E-state index in [-0.39, 0.29) is 18.9 Å². The second-order valence-electron chi connectivity index (χ2n) is 6.56.